The fourth-order valence-corrected chi connectivity index (χ4v) is 3.75. The molecule has 1 aromatic rings. The maximum Gasteiger partial charge on any atom is 0.297 e. The van der Waals surface area contributed by atoms with Crippen LogP contribution in [0.2, 0.25) is 0 Å². The van der Waals surface area contributed by atoms with Gasteiger partial charge in [0.1, 0.15) is 12.2 Å². The number of hydrogen-bond acceptors (Lipinski definition) is 9. The summed E-state index contributed by atoms with van der Waals surface area (Å²) in [4.78, 5) is 9.73. The summed E-state index contributed by atoms with van der Waals surface area (Å²) in [5.41, 5.74) is -0.252. The number of benzene rings is 1. The van der Waals surface area contributed by atoms with Crippen LogP contribution in [-0.2, 0) is 28.5 Å². The highest BCUT2D eigenvalue weighted by atomic mass is 32.2. The molecular formula is C14H17NO9S. The number of aliphatic hydroxyl groups is 1. The predicted octanol–water partition coefficient (Wildman–Crippen LogP) is 0.537. The summed E-state index contributed by atoms with van der Waals surface area (Å²) in [5, 5.41) is 20.6. The van der Waals surface area contributed by atoms with Crippen molar-refractivity contribution in [2.24, 2.45) is 0 Å². The molecule has 1 N–H and O–H groups in total. The molecule has 3 rings (SSSR count). The molecular weight excluding hydrogens is 358 g/mol. The standard InChI is InChI=1S/C14H17NO9S/c1-14(2)21-7-10-11(23-14)12(13(16)22-10)24-25(19,20)9-5-3-8(4-6-9)15(17)18/h3-6,10-13,16H,7H2,1-2H3/t10-,11+,12+,13-/m1/s1. The summed E-state index contributed by atoms with van der Waals surface area (Å²) in [6.45, 7) is 3.41. The van der Waals surface area contributed by atoms with E-state index in [1.54, 1.807) is 13.8 Å². The molecule has 0 unspecified atom stereocenters. The molecule has 4 atom stereocenters. The number of nitro benzene ring substituents is 1. The van der Waals surface area contributed by atoms with Crippen molar-refractivity contribution in [2.45, 2.75) is 49.1 Å². The summed E-state index contributed by atoms with van der Waals surface area (Å²) in [7, 11) is -4.29. The first-order valence-corrected chi connectivity index (χ1v) is 8.83. The number of nitro groups is 1. The molecule has 2 heterocycles. The number of nitrogens with zero attached hydrogens (tertiary/aromatic N) is 1. The molecule has 1 aromatic carbocycles. The van der Waals surface area contributed by atoms with Crippen molar-refractivity contribution in [3.05, 3.63) is 34.4 Å². The van der Waals surface area contributed by atoms with Crippen molar-refractivity contribution in [1.29, 1.82) is 0 Å². The molecule has 0 aromatic heterocycles. The summed E-state index contributed by atoms with van der Waals surface area (Å²) in [5.74, 6) is -0.979. The van der Waals surface area contributed by atoms with Gasteiger partial charge in [-0.3, -0.25) is 14.3 Å². The van der Waals surface area contributed by atoms with Gasteiger partial charge >= 0.3 is 0 Å². The molecule has 2 aliphatic heterocycles. The molecule has 11 heteroatoms. The maximum atomic E-state index is 12.4. The van der Waals surface area contributed by atoms with E-state index in [1.165, 1.54) is 0 Å². The quantitative estimate of drug-likeness (QED) is 0.454. The van der Waals surface area contributed by atoms with Crippen molar-refractivity contribution in [3.8, 4) is 0 Å². The lowest BCUT2D eigenvalue weighted by molar-refractivity contribution is -0.384. The molecule has 2 saturated heterocycles. The van der Waals surface area contributed by atoms with Crippen LogP contribution in [0.4, 0.5) is 5.69 Å². The Labute approximate surface area is 143 Å². The minimum Gasteiger partial charge on any atom is -0.366 e. The minimum absolute atomic E-state index is 0.117. The third kappa shape index (κ3) is 3.66. The van der Waals surface area contributed by atoms with E-state index in [-0.39, 0.29) is 17.2 Å². The van der Waals surface area contributed by atoms with Crippen molar-refractivity contribution in [3.63, 3.8) is 0 Å². The molecule has 0 aliphatic carbocycles. The van der Waals surface area contributed by atoms with Gasteiger partial charge in [-0.1, -0.05) is 0 Å². The van der Waals surface area contributed by atoms with Crippen molar-refractivity contribution >= 4 is 15.8 Å². The van der Waals surface area contributed by atoms with Crippen LogP contribution in [-0.4, -0.2) is 55.4 Å². The van der Waals surface area contributed by atoms with E-state index >= 15 is 0 Å². The minimum atomic E-state index is -4.29. The number of non-ortho nitro benzene ring substituents is 1. The van der Waals surface area contributed by atoms with E-state index in [4.69, 9.17) is 18.4 Å². The monoisotopic (exact) mass is 375 g/mol. The molecule has 0 spiro atoms. The van der Waals surface area contributed by atoms with Gasteiger partial charge < -0.3 is 19.3 Å². The van der Waals surface area contributed by atoms with E-state index in [9.17, 15) is 23.6 Å². The van der Waals surface area contributed by atoms with Crippen molar-refractivity contribution in [2.75, 3.05) is 6.61 Å². The predicted molar refractivity (Wildman–Crippen MR) is 80.9 cm³/mol. The van der Waals surface area contributed by atoms with Crippen LogP contribution < -0.4 is 0 Å². The average Bonchev–Trinajstić information content (AvgIpc) is 2.82. The summed E-state index contributed by atoms with van der Waals surface area (Å²) in [6, 6.07) is 4.22. The highest BCUT2D eigenvalue weighted by Crippen LogP contribution is 2.35. The second-order valence-electron chi connectivity index (χ2n) is 6.12. The van der Waals surface area contributed by atoms with E-state index in [1.807, 2.05) is 0 Å². The van der Waals surface area contributed by atoms with Gasteiger partial charge in [0.2, 0.25) is 0 Å². The number of rotatable bonds is 4. The van der Waals surface area contributed by atoms with Crippen LogP contribution in [0.25, 0.3) is 0 Å². The fraction of sp³-hybridized carbons (Fsp3) is 0.571. The first-order chi connectivity index (χ1) is 11.6. The lowest BCUT2D eigenvalue weighted by Gasteiger charge is -2.38. The number of aliphatic hydroxyl groups excluding tert-OH is 1. The van der Waals surface area contributed by atoms with Gasteiger partial charge in [0.15, 0.2) is 18.2 Å². The Hall–Kier alpha value is -1.63. The van der Waals surface area contributed by atoms with Gasteiger partial charge in [0, 0.05) is 12.1 Å². The topological polar surface area (TPSA) is 134 Å². The summed E-state index contributed by atoms with van der Waals surface area (Å²) < 4.78 is 46.2. The van der Waals surface area contributed by atoms with Crippen LogP contribution in [0.15, 0.2) is 29.2 Å². The van der Waals surface area contributed by atoms with Gasteiger partial charge in [-0.25, -0.2) is 0 Å². The zero-order valence-electron chi connectivity index (χ0n) is 13.4. The van der Waals surface area contributed by atoms with Gasteiger partial charge in [0.05, 0.1) is 16.4 Å². The van der Waals surface area contributed by atoms with Gasteiger partial charge in [-0.05, 0) is 26.0 Å². The SMILES string of the molecule is CC1(C)OC[C@H]2O[C@@H](O)[C@@H](OS(=O)(=O)c3ccc([N+](=O)[O-])cc3)[C@H]2O1. The van der Waals surface area contributed by atoms with Crippen molar-refractivity contribution < 1.29 is 36.8 Å². The van der Waals surface area contributed by atoms with Gasteiger partial charge in [0.25, 0.3) is 15.8 Å². The fourth-order valence-electron chi connectivity index (χ4n) is 2.67. The third-order valence-electron chi connectivity index (χ3n) is 3.87. The smallest absolute Gasteiger partial charge is 0.297 e. The Morgan fingerprint density at radius 1 is 1.32 bits per heavy atom. The van der Waals surface area contributed by atoms with E-state index in [2.05, 4.69) is 0 Å². The molecule has 138 valence electrons. The second-order valence-corrected chi connectivity index (χ2v) is 7.70. The van der Waals surface area contributed by atoms with Crippen LogP contribution in [0.1, 0.15) is 13.8 Å². The first-order valence-electron chi connectivity index (χ1n) is 7.42. The average molecular weight is 375 g/mol. The van der Waals surface area contributed by atoms with Gasteiger partial charge in [-0.2, -0.15) is 8.42 Å². The van der Waals surface area contributed by atoms with Crippen LogP contribution in [0.3, 0.4) is 0 Å². The first kappa shape index (κ1) is 18.2. The number of hydrogen-bond donors (Lipinski definition) is 1. The van der Waals surface area contributed by atoms with E-state index in [0.29, 0.717) is 0 Å². The maximum absolute atomic E-state index is 12.4. The molecule has 0 saturated carbocycles. The largest absolute Gasteiger partial charge is 0.366 e. The van der Waals surface area contributed by atoms with E-state index in [0.717, 1.165) is 24.3 Å². The highest BCUT2D eigenvalue weighted by molar-refractivity contribution is 7.86. The highest BCUT2D eigenvalue weighted by Gasteiger charge is 2.53. The lowest BCUT2D eigenvalue weighted by atomic mass is 10.1. The number of fused-ring (bicyclic) bond motifs is 1. The Morgan fingerprint density at radius 3 is 2.56 bits per heavy atom. The van der Waals surface area contributed by atoms with Crippen LogP contribution in [0.5, 0.6) is 0 Å². The Morgan fingerprint density at radius 2 is 1.96 bits per heavy atom. The molecule has 0 bridgehead atoms. The molecule has 2 aliphatic rings. The molecule has 0 amide bonds. The second kappa shape index (κ2) is 6.27. The lowest BCUT2D eigenvalue weighted by Crippen LogP contribution is -2.51. The molecule has 10 nitrogen and oxygen atoms in total. The Bertz CT molecular complexity index is 761. The zero-order chi connectivity index (χ0) is 18.4. The third-order valence-corrected chi connectivity index (χ3v) is 5.20. The number of ether oxygens (including phenoxy) is 3. The normalized spacial score (nSPS) is 31.5. The molecule has 0 radical (unpaired) electrons. The zero-order valence-corrected chi connectivity index (χ0v) is 14.2. The van der Waals surface area contributed by atoms with Gasteiger partial charge in [-0.15, -0.1) is 0 Å². The van der Waals surface area contributed by atoms with Crippen molar-refractivity contribution in [1.82, 2.24) is 0 Å². The van der Waals surface area contributed by atoms with E-state index < -0.39 is 45.4 Å². The molecule has 25 heavy (non-hydrogen) atoms. The Balaban J connectivity index is 1.80. The Kier molecular flexibility index (Phi) is 4.56. The van der Waals surface area contributed by atoms with Crippen LogP contribution in [0, 0.1) is 10.1 Å². The van der Waals surface area contributed by atoms with Crippen LogP contribution >= 0.6 is 0 Å². The summed E-state index contributed by atoms with van der Waals surface area (Å²) in [6.07, 6.45) is -4.31. The summed E-state index contributed by atoms with van der Waals surface area (Å²) >= 11 is 0. The molecule has 2 fully saturated rings.